The molecule has 1 aromatic heterocycles. The number of benzene rings is 1. The van der Waals surface area contributed by atoms with E-state index in [0.29, 0.717) is 4.88 Å². The summed E-state index contributed by atoms with van der Waals surface area (Å²) in [7, 11) is 2.38. The molecule has 27 heavy (non-hydrogen) atoms. The molecule has 0 spiro atoms. The Morgan fingerprint density at radius 2 is 1.52 bits per heavy atom. The third kappa shape index (κ3) is 5.38. The van der Waals surface area contributed by atoms with Crippen LogP contribution in [0.2, 0.25) is 0 Å². The van der Waals surface area contributed by atoms with E-state index in [1.54, 1.807) is 12.1 Å². The minimum absolute atomic E-state index is 0.0572. The standard InChI is InChI=1S/C18H17NO7S/c1-10-4-5-14(27-10)18(23)26-9-15(20)19-13-7-11(16(21)24-2)6-12(8-13)17(22)25-3/h4-8H,9H2,1-3H3,(H,19,20). The first-order chi connectivity index (χ1) is 12.8. The normalized spacial score (nSPS) is 10.0. The number of methoxy groups -OCH3 is 2. The van der Waals surface area contributed by atoms with Crippen LogP contribution in [0.15, 0.2) is 30.3 Å². The Labute approximate surface area is 159 Å². The largest absolute Gasteiger partial charge is 0.465 e. The summed E-state index contributed by atoms with van der Waals surface area (Å²) in [4.78, 5) is 48.7. The molecule has 0 saturated heterocycles. The maximum absolute atomic E-state index is 12.0. The fourth-order valence-electron chi connectivity index (χ4n) is 2.11. The molecule has 0 atom stereocenters. The Morgan fingerprint density at radius 3 is 2.00 bits per heavy atom. The summed E-state index contributed by atoms with van der Waals surface area (Å²) in [5.41, 5.74) is 0.273. The predicted molar refractivity (Wildman–Crippen MR) is 97.1 cm³/mol. The highest BCUT2D eigenvalue weighted by Crippen LogP contribution is 2.18. The lowest BCUT2D eigenvalue weighted by molar-refractivity contribution is -0.119. The second-order valence-electron chi connectivity index (χ2n) is 5.32. The molecule has 0 aliphatic carbocycles. The summed E-state index contributed by atoms with van der Waals surface area (Å²) in [6.45, 7) is 1.33. The minimum atomic E-state index is -0.684. The van der Waals surface area contributed by atoms with Crippen molar-refractivity contribution in [3.05, 3.63) is 51.2 Å². The Balaban J connectivity index is 2.08. The third-order valence-electron chi connectivity index (χ3n) is 3.33. The number of carbonyl (C=O) groups excluding carboxylic acids is 4. The molecule has 0 bridgehead atoms. The van der Waals surface area contributed by atoms with Crippen molar-refractivity contribution in [1.82, 2.24) is 0 Å². The van der Waals surface area contributed by atoms with E-state index in [2.05, 4.69) is 14.8 Å². The predicted octanol–water partition coefficient (Wildman–Crippen LogP) is 2.43. The van der Waals surface area contributed by atoms with Crippen LogP contribution in [-0.2, 0) is 19.0 Å². The molecule has 2 rings (SSSR count). The lowest BCUT2D eigenvalue weighted by Crippen LogP contribution is -2.21. The number of thiophene rings is 1. The van der Waals surface area contributed by atoms with Crippen molar-refractivity contribution in [3.63, 3.8) is 0 Å². The van der Waals surface area contributed by atoms with Gasteiger partial charge in [0.05, 0.1) is 25.3 Å². The van der Waals surface area contributed by atoms with Gasteiger partial charge >= 0.3 is 17.9 Å². The minimum Gasteiger partial charge on any atom is -0.465 e. The number of nitrogens with one attached hydrogen (secondary N) is 1. The highest BCUT2D eigenvalue weighted by atomic mass is 32.1. The first-order valence-electron chi connectivity index (χ1n) is 7.69. The molecule has 1 amide bonds. The van der Waals surface area contributed by atoms with Crippen molar-refractivity contribution < 1.29 is 33.4 Å². The van der Waals surface area contributed by atoms with E-state index in [1.807, 2.05) is 6.92 Å². The summed E-state index contributed by atoms with van der Waals surface area (Å²) >= 11 is 1.26. The number of esters is 3. The molecule has 1 N–H and O–H groups in total. The lowest BCUT2D eigenvalue weighted by atomic mass is 10.1. The maximum Gasteiger partial charge on any atom is 0.348 e. The average molecular weight is 391 g/mol. The van der Waals surface area contributed by atoms with Crippen LogP contribution in [0.5, 0.6) is 0 Å². The van der Waals surface area contributed by atoms with Crippen LogP contribution in [-0.4, -0.2) is 44.6 Å². The molecule has 0 unspecified atom stereocenters. The fourth-order valence-corrected chi connectivity index (χ4v) is 2.88. The van der Waals surface area contributed by atoms with Gasteiger partial charge in [0, 0.05) is 10.6 Å². The molecule has 0 fully saturated rings. The van der Waals surface area contributed by atoms with Gasteiger partial charge in [-0.15, -0.1) is 11.3 Å². The summed E-state index contributed by atoms with van der Waals surface area (Å²) in [6, 6.07) is 7.34. The molecule has 0 saturated carbocycles. The molecular weight excluding hydrogens is 374 g/mol. The van der Waals surface area contributed by atoms with Gasteiger partial charge in [0.15, 0.2) is 6.61 Å². The number of rotatable bonds is 6. The number of ether oxygens (including phenoxy) is 3. The number of amides is 1. The van der Waals surface area contributed by atoms with Gasteiger partial charge in [-0.3, -0.25) is 4.79 Å². The van der Waals surface area contributed by atoms with Crippen LogP contribution in [0.4, 0.5) is 5.69 Å². The number of hydrogen-bond acceptors (Lipinski definition) is 8. The number of carbonyl (C=O) groups is 4. The summed E-state index contributed by atoms with van der Waals surface area (Å²) < 4.78 is 14.2. The van der Waals surface area contributed by atoms with E-state index < -0.39 is 30.4 Å². The van der Waals surface area contributed by atoms with Crippen molar-refractivity contribution in [2.75, 3.05) is 26.1 Å². The number of aryl methyl sites for hydroxylation is 1. The summed E-state index contributed by atoms with van der Waals surface area (Å²) in [5, 5.41) is 2.46. The molecule has 9 heteroatoms. The van der Waals surface area contributed by atoms with Crippen LogP contribution in [0.1, 0.15) is 35.3 Å². The molecule has 1 aromatic carbocycles. The number of hydrogen-bond donors (Lipinski definition) is 1. The van der Waals surface area contributed by atoms with E-state index >= 15 is 0 Å². The monoisotopic (exact) mass is 391 g/mol. The lowest BCUT2D eigenvalue weighted by Gasteiger charge is -2.09. The Bertz CT molecular complexity index is 853. The van der Waals surface area contributed by atoms with E-state index in [4.69, 9.17) is 4.74 Å². The zero-order valence-electron chi connectivity index (χ0n) is 14.9. The van der Waals surface area contributed by atoms with E-state index in [9.17, 15) is 19.2 Å². The number of anilines is 1. The van der Waals surface area contributed by atoms with Gasteiger partial charge in [0.1, 0.15) is 4.88 Å². The molecule has 142 valence electrons. The van der Waals surface area contributed by atoms with Gasteiger partial charge in [-0.1, -0.05) is 0 Å². The highest BCUT2D eigenvalue weighted by molar-refractivity contribution is 7.13. The van der Waals surface area contributed by atoms with E-state index in [0.717, 1.165) is 4.88 Å². The quantitative estimate of drug-likeness (QED) is 0.595. The molecule has 8 nitrogen and oxygen atoms in total. The molecular formula is C18H17NO7S. The first-order valence-corrected chi connectivity index (χ1v) is 8.51. The average Bonchev–Trinajstić information content (AvgIpc) is 3.10. The van der Waals surface area contributed by atoms with Crippen LogP contribution in [0, 0.1) is 6.92 Å². The van der Waals surface area contributed by atoms with E-state index in [1.165, 1.54) is 43.8 Å². The molecule has 0 aliphatic rings. The van der Waals surface area contributed by atoms with Gasteiger partial charge in [0.2, 0.25) is 0 Å². The van der Waals surface area contributed by atoms with Gasteiger partial charge in [-0.05, 0) is 37.3 Å². The van der Waals surface area contributed by atoms with Crippen molar-refractivity contribution >= 4 is 40.8 Å². The Morgan fingerprint density at radius 1 is 0.926 bits per heavy atom. The van der Waals surface area contributed by atoms with Gasteiger partial charge in [-0.25, -0.2) is 14.4 Å². The summed E-state index contributed by atoms with van der Waals surface area (Å²) in [6.07, 6.45) is 0. The van der Waals surface area contributed by atoms with Gasteiger partial charge < -0.3 is 19.5 Å². The van der Waals surface area contributed by atoms with E-state index in [-0.39, 0.29) is 16.8 Å². The van der Waals surface area contributed by atoms with Crippen LogP contribution in [0.25, 0.3) is 0 Å². The van der Waals surface area contributed by atoms with Crippen molar-refractivity contribution in [2.24, 2.45) is 0 Å². The highest BCUT2D eigenvalue weighted by Gasteiger charge is 2.16. The van der Waals surface area contributed by atoms with Crippen LogP contribution in [0.3, 0.4) is 0 Å². The smallest absolute Gasteiger partial charge is 0.348 e. The van der Waals surface area contributed by atoms with Crippen molar-refractivity contribution in [2.45, 2.75) is 6.92 Å². The SMILES string of the molecule is COC(=O)c1cc(NC(=O)COC(=O)c2ccc(C)s2)cc(C(=O)OC)c1. The van der Waals surface area contributed by atoms with Gasteiger partial charge in [0.25, 0.3) is 5.91 Å². The second kappa shape index (κ2) is 8.95. The fraction of sp³-hybridized carbons (Fsp3) is 0.222. The zero-order chi connectivity index (χ0) is 20.0. The van der Waals surface area contributed by atoms with Crippen LogP contribution >= 0.6 is 11.3 Å². The molecule has 0 aliphatic heterocycles. The van der Waals surface area contributed by atoms with Crippen molar-refractivity contribution in [1.29, 1.82) is 0 Å². The van der Waals surface area contributed by atoms with Crippen molar-refractivity contribution in [3.8, 4) is 0 Å². The zero-order valence-corrected chi connectivity index (χ0v) is 15.7. The Hall–Kier alpha value is -3.20. The first kappa shape index (κ1) is 20.1. The summed E-state index contributed by atoms with van der Waals surface area (Å²) in [5.74, 6) is -2.61. The second-order valence-corrected chi connectivity index (χ2v) is 6.60. The van der Waals surface area contributed by atoms with Crippen LogP contribution < -0.4 is 5.32 Å². The third-order valence-corrected chi connectivity index (χ3v) is 4.32. The molecule has 1 heterocycles. The van der Waals surface area contributed by atoms with Gasteiger partial charge in [-0.2, -0.15) is 0 Å². The molecule has 0 radical (unpaired) electrons. The Kier molecular flexibility index (Phi) is 6.67. The molecule has 2 aromatic rings. The maximum atomic E-state index is 12.0. The topological polar surface area (TPSA) is 108 Å².